The molecule has 2 N–H and O–H groups in total. The van der Waals surface area contributed by atoms with Gasteiger partial charge in [-0.1, -0.05) is 23.4 Å². The van der Waals surface area contributed by atoms with Gasteiger partial charge in [-0.3, -0.25) is 14.4 Å². The maximum Gasteiger partial charge on any atom is 0.316 e. The van der Waals surface area contributed by atoms with E-state index in [1.165, 1.54) is 6.92 Å². The Morgan fingerprint density at radius 1 is 1.14 bits per heavy atom. The highest BCUT2D eigenvalue weighted by atomic mass is 32.2. The molecule has 1 heterocycles. The number of carbonyl (C=O) groups is 3. The van der Waals surface area contributed by atoms with Crippen LogP contribution in [0.5, 0.6) is 0 Å². The van der Waals surface area contributed by atoms with E-state index in [2.05, 4.69) is 15.8 Å². The Morgan fingerprint density at radius 3 is 2.43 bits per heavy atom. The first-order chi connectivity index (χ1) is 13.3. The molecular formula is C19H23N3O5S. The van der Waals surface area contributed by atoms with Gasteiger partial charge in [0.2, 0.25) is 5.91 Å². The Balaban J connectivity index is 1.73. The van der Waals surface area contributed by atoms with Gasteiger partial charge in [0.05, 0.1) is 11.5 Å². The normalized spacial score (nSPS) is 11.6. The van der Waals surface area contributed by atoms with E-state index in [1.807, 2.05) is 32.0 Å². The van der Waals surface area contributed by atoms with Crippen LogP contribution < -0.4 is 10.6 Å². The van der Waals surface area contributed by atoms with Crippen molar-refractivity contribution in [2.75, 3.05) is 22.1 Å². The van der Waals surface area contributed by atoms with Gasteiger partial charge in [-0.2, -0.15) is 0 Å². The van der Waals surface area contributed by atoms with E-state index in [1.54, 1.807) is 13.0 Å². The second kappa shape index (κ2) is 9.93. The molecule has 2 rings (SSSR count). The lowest BCUT2D eigenvalue weighted by atomic mass is 10.1. The minimum Gasteiger partial charge on any atom is -0.452 e. The minimum absolute atomic E-state index is 0.0456. The largest absolute Gasteiger partial charge is 0.452 e. The third-order valence-electron chi connectivity index (χ3n) is 3.76. The Morgan fingerprint density at radius 2 is 1.82 bits per heavy atom. The average Bonchev–Trinajstić information content (AvgIpc) is 3.02. The standard InChI is InChI=1S/C19H23N3O5S/c1-11-6-5-7-12(2)18(11)21-19(25)14(4)26-17(24)10-28-9-16(23)20-15-8-13(3)27-22-15/h5-8,14H,9-10H2,1-4H3,(H,21,25)(H,20,22,23). The van der Waals surface area contributed by atoms with Crippen molar-refractivity contribution in [3.05, 3.63) is 41.2 Å². The lowest BCUT2D eigenvalue weighted by molar-refractivity contribution is -0.150. The van der Waals surface area contributed by atoms with Crippen LogP contribution >= 0.6 is 11.8 Å². The van der Waals surface area contributed by atoms with Crippen LogP contribution in [0.25, 0.3) is 0 Å². The number of aromatic nitrogens is 1. The molecule has 2 amide bonds. The van der Waals surface area contributed by atoms with Crippen molar-refractivity contribution in [2.45, 2.75) is 33.8 Å². The summed E-state index contributed by atoms with van der Waals surface area (Å²) in [5, 5.41) is 8.99. The van der Waals surface area contributed by atoms with Crippen LogP contribution in [0.15, 0.2) is 28.8 Å². The molecule has 0 saturated heterocycles. The minimum atomic E-state index is -0.945. The van der Waals surface area contributed by atoms with Gasteiger partial charge >= 0.3 is 5.97 Å². The van der Waals surface area contributed by atoms with Gasteiger partial charge in [-0.05, 0) is 38.8 Å². The molecule has 150 valence electrons. The number of para-hydroxylation sites is 1. The summed E-state index contributed by atoms with van der Waals surface area (Å²) in [6.45, 7) is 7.00. The van der Waals surface area contributed by atoms with E-state index in [4.69, 9.17) is 9.26 Å². The van der Waals surface area contributed by atoms with Gasteiger partial charge in [-0.15, -0.1) is 11.8 Å². The average molecular weight is 405 g/mol. The van der Waals surface area contributed by atoms with E-state index in [9.17, 15) is 14.4 Å². The van der Waals surface area contributed by atoms with Gasteiger partial charge in [0, 0.05) is 11.8 Å². The molecule has 2 aromatic rings. The van der Waals surface area contributed by atoms with Crippen LogP contribution in [0.4, 0.5) is 11.5 Å². The van der Waals surface area contributed by atoms with Crippen molar-refractivity contribution in [3.63, 3.8) is 0 Å². The highest BCUT2D eigenvalue weighted by Gasteiger charge is 2.19. The summed E-state index contributed by atoms with van der Waals surface area (Å²) in [6, 6.07) is 7.27. The molecule has 0 saturated carbocycles. The SMILES string of the molecule is Cc1cc(NC(=O)CSCC(=O)OC(C)C(=O)Nc2c(C)cccc2C)no1. The maximum absolute atomic E-state index is 12.3. The number of nitrogens with zero attached hydrogens (tertiary/aromatic N) is 1. The van der Waals surface area contributed by atoms with E-state index >= 15 is 0 Å². The monoisotopic (exact) mass is 405 g/mol. The number of amides is 2. The van der Waals surface area contributed by atoms with Gasteiger partial charge in [0.1, 0.15) is 5.76 Å². The third kappa shape index (κ3) is 6.41. The molecule has 0 bridgehead atoms. The number of ether oxygens (including phenoxy) is 1. The molecule has 0 aliphatic heterocycles. The smallest absolute Gasteiger partial charge is 0.316 e. The molecular weight excluding hydrogens is 382 g/mol. The highest BCUT2D eigenvalue weighted by molar-refractivity contribution is 8.00. The molecule has 28 heavy (non-hydrogen) atoms. The number of nitrogens with one attached hydrogen (secondary N) is 2. The first kappa shape index (κ1) is 21.5. The highest BCUT2D eigenvalue weighted by Crippen LogP contribution is 2.20. The quantitative estimate of drug-likeness (QED) is 0.650. The molecule has 8 nitrogen and oxygen atoms in total. The zero-order valence-corrected chi connectivity index (χ0v) is 17.0. The van der Waals surface area contributed by atoms with Crippen LogP contribution in [0.3, 0.4) is 0 Å². The molecule has 1 aromatic heterocycles. The van der Waals surface area contributed by atoms with E-state index in [0.717, 1.165) is 22.9 Å². The van der Waals surface area contributed by atoms with Crippen molar-refractivity contribution in [2.24, 2.45) is 0 Å². The first-order valence-corrected chi connectivity index (χ1v) is 9.79. The second-order valence-corrected chi connectivity index (χ2v) is 7.24. The third-order valence-corrected chi connectivity index (χ3v) is 4.66. The lowest BCUT2D eigenvalue weighted by Gasteiger charge is -2.16. The summed E-state index contributed by atoms with van der Waals surface area (Å²) in [7, 11) is 0. The van der Waals surface area contributed by atoms with Gasteiger partial charge in [0.15, 0.2) is 11.9 Å². The van der Waals surface area contributed by atoms with Gasteiger partial charge in [-0.25, -0.2) is 0 Å². The molecule has 1 unspecified atom stereocenters. The summed E-state index contributed by atoms with van der Waals surface area (Å²) in [4.78, 5) is 35.9. The van der Waals surface area contributed by atoms with Crippen molar-refractivity contribution in [1.29, 1.82) is 0 Å². The fourth-order valence-corrected chi connectivity index (χ4v) is 2.95. The molecule has 0 fully saturated rings. The number of esters is 1. The topological polar surface area (TPSA) is 111 Å². The molecule has 1 aromatic carbocycles. The molecule has 0 spiro atoms. The number of hydrogen-bond donors (Lipinski definition) is 2. The van der Waals surface area contributed by atoms with Gasteiger partial charge < -0.3 is 19.9 Å². The van der Waals surface area contributed by atoms with Crippen molar-refractivity contribution >= 4 is 41.1 Å². The van der Waals surface area contributed by atoms with Crippen LogP contribution in [0.2, 0.25) is 0 Å². The molecule has 0 aliphatic carbocycles. The number of benzene rings is 1. The Kier molecular flexibility index (Phi) is 7.62. The Bertz CT molecular complexity index is 845. The summed E-state index contributed by atoms with van der Waals surface area (Å²) in [6.07, 6.45) is -0.945. The van der Waals surface area contributed by atoms with E-state index in [-0.39, 0.29) is 17.4 Å². The lowest BCUT2D eigenvalue weighted by Crippen LogP contribution is -2.31. The van der Waals surface area contributed by atoms with E-state index < -0.39 is 18.0 Å². The van der Waals surface area contributed by atoms with Crippen LogP contribution in [-0.2, 0) is 19.1 Å². The predicted octanol–water partition coefficient (Wildman–Crippen LogP) is 2.84. The predicted molar refractivity (Wildman–Crippen MR) is 107 cm³/mol. The fourth-order valence-electron chi connectivity index (χ4n) is 2.35. The summed E-state index contributed by atoms with van der Waals surface area (Å²) in [5.74, 6) is -0.390. The molecule has 0 radical (unpaired) electrons. The van der Waals surface area contributed by atoms with Crippen LogP contribution in [0, 0.1) is 20.8 Å². The summed E-state index contributed by atoms with van der Waals surface area (Å²) < 4.78 is 9.98. The van der Waals surface area contributed by atoms with E-state index in [0.29, 0.717) is 17.3 Å². The van der Waals surface area contributed by atoms with Crippen molar-refractivity contribution in [1.82, 2.24) is 5.16 Å². The van der Waals surface area contributed by atoms with Crippen molar-refractivity contribution in [3.8, 4) is 0 Å². The van der Waals surface area contributed by atoms with Crippen LogP contribution in [0.1, 0.15) is 23.8 Å². The first-order valence-electron chi connectivity index (χ1n) is 8.63. The molecule has 9 heteroatoms. The molecule has 1 atom stereocenters. The maximum atomic E-state index is 12.3. The van der Waals surface area contributed by atoms with Crippen LogP contribution in [-0.4, -0.2) is 40.6 Å². The Hall–Kier alpha value is -2.81. The number of aryl methyl sites for hydroxylation is 3. The Labute approximate surface area is 167 Å². The summed E-state index contributed by atoms with van der Waals surface area (Å²) >= 11 is 1.08. The number of anilines is 2. The number of thioether (sulfide) groups is 1. The summed E-state index contributed by atoms with van der Waals surface area (Å²) in [5.41, 5.74) is 2.57. The number of rotatable bonds is 8. The van der Waals surface area contributed by atoms with Crippen molar-refractivity contribution < 1.29 is 23.6 Å². The second-order valence-electron chi connectivity index (χ2n) is 6.25. The fraction of sp³-hybridized carbons (Fsp3) is 0.368. The molecule has 0 aliphatic rings. The number of carbonyl (C=O) groups excluding carboxylic acids is 3. The number of hydrogen-bond acceptors (Lipinski definition) is 7. The zero-order valence-electron chi connectivity index (χ0n) is 16.2. The zero-order chi connectivity index (χ0) is 20.7. The van der Waals surface area contributed by atoms with Gasteiger partial charge in [0.25, 0.3) is 5.91 Å².